The minimum Gasteiger partial charge on any atom is -0.381 e. The minimum atomic E-state index is -4.54. The molecule has 0 aliphatic heterocycles. The molecule has 0 spiro atoms. The maximum atomic E-state index is 12.9. The molecule has 24 heavy (non-hydrogen) atoms. The zero-order valence-corrected chi connectivity index (χ0v) is 12.3. The molecular weight excluding hydrogens is 332 g/mol. The largest absolute Gasteiger partial charge is 0.416 e. The number of anilines is 1. The van der Waals surface area contributed by atoms with E-state index in [1.807, 2.05) is 0 Å². The van der Waals surface area contributed by atoms with E-state index in [0.717, 1.165) is 36.4 Å². The number of nitrogens with one attached hydrogen (secondary N) is 1. The van der Waals surface area contributed by atoms with Crippen LogP contribution in [0.25, 0.3) is 11.1 Å². The third kappa shape index (κ3) is 4.10. The average Bonchev–Trinajstić information content (AvgIpc) is 2.51. The van der Waals surface area contributed by atoms with Crippen molar-refractivity contribution in [2.24, 2.45) is 0 Å². The fraction of sp³-hybridized carbons (Fsp3) is 0.176. The molecule has 0 atom stereocenters. The molecule has 0 amide bonds. The van der Waals surface area contributed by atoms with Gasteiger partial charge in [0, 0.05) is 17.8 Å². The molecule has 0 aliphatic rings. The SMILES string of the molecule is C=CCNc1ccc(C(F)(F)F)cc1-c1ccc(C(F)(F)F)cc1. The fourth-order valence-electron chi connectivity index (χ4n) is 2.13. The molecule has 2 aromatic carbocycles. The highest BCUT2D eigenvalue weighted by Gasteiger charge is 2.32. The van der Waals surface area contributed by atoms with Gasteiger partial charge in [0.1, 0.15) is 0 Å². The van der Waals surface area contributed by atoms with Crippen molar-refractivity contribution in [2.45, 2.75) is 12.4 Å². The lowest BCUT2D eigenvalue weighted by Gasteiger charge is -2.15. The Bertz CT molecular complexity index is 713. The van der Waals surface area contributed by atoms with Crippen molar-refractivity contribution in [3.8, 4) is 11.1 Å². The van der Waals surface area contributed by atoms with E-state index in [2.05, 4.69) is 11.9 Å². The summed E-state index contributed by atoms with van der Waals surface area (Å²) in [6, 6.07) is 7.06. The highest BCUT2D eigenvalue weighted by Crippen LogP contribution is 2.37. The van der Waals surface area contributed by atoms with Crippen molar-refractivity contribution >= 4 is 5.69 Å². The maximum absolute atomic E-state index is 12.9. The molecule has 0 unspecified atom stereocenters. The van der Waals surface area contributed by atoms with E-state index in [1.54, 1.807) is 0 Å². The topological polar surface area (TPSA) is 12.0 Å². The summed E-state index contributed by atoms with van der Waals surface area (Å²) in [6.07, 6.45) is -7.53. The quantitative estimate of drug-likeness (QED) is 0.530. The molecule has 0 aliphatic carbocycles. The van der Waals surface area contributed by atoms with Crippen LogP contribution in [0.3, 0.4) is 0 Å². The Labute approximate surface area is 134 Å². The van der Waals surface area contributed by atoms with Gasteiger partial charge in [-0.1, -0.05) is 18.2 Å². The van der Waals surface area contributed by atoms with Crippen LogP contribution in [0.2, 0.25) is 0 Å². The van der Waals surface area contributed by atoms with Gasteiger partial charge in [-0.2, -0.15) is 26.3 Å². The predicted molar refractivity (Wildman–Crippen MR) is 80.6 cm³/mol. The molecule has 2 rings (SSSR count). The first-order valence-electron chi connectivity index (χ1n) is 6.86. The summed E-state index contributed by atoms with van der Waals surface area (Å²) in [4.78, 5) is 0. The highest BCUT2D eigenvalue weighted by molar-refractivity contribution is 5.79. The molecular formula is C17H13F6N. The molecule has 2 aromatic rings. The fourth-order valence-corrected chi connectivity index (χ4v) is 2.13. The summed E-state index contributed by atoms with van der Waals surface area (Å²) < 4.78 is 76.6. The van der Waals surface area contributed by atoms with Crippen molar-refractivity contribution in [3.05, 3.63) is 66.2 Å². The van der Waals surface area contributed by atoms with Crippen molar-refractivity contribution < 1.29 is 26.3 Å². The van der Waals surface area contributed by atoms with Crippen LogP contribution in [0.15, 0.2) is 55.1 Å². The Morgan fingerprint density at radius 3 is 1.88 bits per heavy atom. The number of benzene rings is 2. The smallest absolute Gasteiger partial charge is 0.381 e. The summed E-state index contributed by atoms with van der Waals surface area (Å²) >= 11 is 0. The van der Waals surface area contributed by atoms with E-state index in [1.165, 1.54) is 12.1 Å². The zero-order chi connectivity index (χ0) is 18.0. The van der Waals surface area contributed by atoms with Gasteiger partial charge in [0.15, 0.2) is 0 Å². The standard InChI is InChI=1S/C17H13F6N/c1-2-9-24-15-8-7-13(17(21,22)23)10-14(15)11-3-5-12(6-4-11)16(18,19)20/h2-8,10,24H,1,9H2. The van der Waals surface area contributed by atoms with Gasteiger partial charge in [-0.3, -0.25) is 0 Å². The van der Waals surface area contributed by atoms with Gasteiger partial charge < -0.3 is 5.32 Å². The van der Waals surface area contributed by atoms with Crippen LogP contribution >= 0.6 is 0 Å². The molecule has 0 aromatic heterocycles. The van der Waals surface area contributed by atoms with Gasteiger partial charge in [0.2, 0.25) is 0 Å². The first-order valence-corrected chi connectivity index (χ1v) is 6.86. The van der Waals surface area contributed by atoms with Crippen molar-refractivity contribution in [1.82, 2.24) is 0 Å². The van der Waals surface area contributed by atoms with Gasteiger partial charge in [-0.25, -0.2) is 0 Å². The average molecular weight is 345 g/mol. The monoisotopic (exact) mass is 345 g/mol. The Morgan fingerprint density at radius 1 is 0.833 bits per heavy atom. The van der Waals surface area contributed by atoms with Crippen molar-refractivity contribution in [3.63, 3.8) is 0 Å². The van der Waals surface area contributed by atoms with Crippen LogP contribution in [0, 0.1) is 0 Å². The summed E-state index contributed by atoms with van der Waals surface area (Å²) in [5.74, 6) is 0. The summed E-state index contributed by atoms with van der Waals surface area (Å²) in [6.45, 7) is 3.81. The van der Waals surface area contributed by atoms with Gasteiger partial charge in [-0.15, -0.1) is 6.58 Å². The van der Waals surface area contributed by atoms with E-state index in [0.29, 0.717) is 12.2 Å². The molecule has 0 fully saturated rings. The molecule has 0 heterocycles. The second-order valence-electron chi connectivity index (χ2n) is 5.00. The maximum Gasteiger partial charge on any atom is 0.416 e. The van der Waals surface area contributed by atoms with Crippen LogP contribution in [0.1, 0.15) is 11.1 Å². The second-order valence-corrected chi connectivity index (χ2v) is 5.00. The Hall–Kier alpha value is -2.44. The molecule has 1 N–H and O–H groups in total. The lowest BCUT2D eigenvalue weighted by Crippen LogP contribution is -2.07. The molecule has 0 saturated heterocycles. The Morgan fingerprint density at radius 2 is 1.38 bits per heavy atom. The molecule has 0 saturated carbocycles. The molecule has 1 nitrogen and oxygen atoms in total. The number of hydrogen-bond donors (Lipinski definition) is 1. The number of hydrogen-bond acceptors (Lipinski definition) is 1. The summed E-state index contributed by atoms with van der Waals surface area (Å²) in [7, 11) is 0. The third-order valence-corrected chi connectivity index (χ3v) is 3.31. The second kappa shape index (κ2) is 6.59. The lowest BCUT2D eigenvalue weighted by atomic mass is 9.99. The van der Waals surface area contributed by atoms with Gasteiger partial charge in [0.05, 0.1) is 11.1 Å². The third-order valence-electron chi connectivity index (χ3n) is 3.31. The van der Waals surface area contributed by atoms with Gasteiger partial charge in [0.25, 0.3) is 0 Å². The molecule has 7 heteroatoms. The van der Waals surface area contributed by atoms with Crippen molar-refractivity contribution in [1.29, 1.82) is 0 Å². The number of halogens is 6. The minimum absolute atomic E-state index is 0.167. The van der Waals surface area contributed by atoms with Crippen LogP contribution in [-0.2, 0) is 12.4 Å². The van der Waals surface area contributed by atoms with E-state index < -0.39 is 23.5 Å². The zero-order valence-electron chi connectivity index (χ0n) is 12.3. The predicted octanol–water partition coefficient (Wildman–Crippen LogP) is 5.99. The number of rotatable bonds is 4. The molecule has 0 radical (unpaired) electrons. The van der Waals surface area contributed by atoms with Crippen LogP contribution in [0.5, 0.6) is 0 Å². The first-order chi connectivity index (χ1) is 11.1. The number of alkyl halides is 6. The van der Waals surface area contributed by atoms with Crippen LogP contribution in [0.4, 0.5) is 32.0 Å². The Balaban J connectivity index is 2.50. The molecule has 128 valence electrons. The summed E-state index contributed by atoms with van der Waals surface area (Å²) in [5.41, 5.74) is -0.941. The Kier molecular flexibility index (Phi) is 4.91. The molecule has 0 bridgehead atoms. The van der Waals surface area contributed by atoms with E-state index in [-0.39, 0.29) is 11.1 Å². The van der Waals surface area contributed by atoms with E-state index in [9.17, 15) is 26.3 Å². The first kappa shape index (κ1) is 17.9. The normalized spacial score (nSPS) is 12.1. The summed E-state index contributed by atoms with van der Waals surface area (Å²) in [5, 5.41) is 2.88. The van der Waals surface area contributed by atoms with E-state index in [4.69, 9.17) is 0 Å². The highest BCUT2D eigenvalue weighted by atomic mass is 19.4. The van der Waals surface area contributed by atoms with Crippen molar-refractivity contribution in [2.75, 3.05) is 11.9 Å². The van der Waals surface area contributed by atoms with Gasteiger partial charge in [-0.05, 0) is 35.9 Å². The van der Waals surface area contributed by atoms with Crippen LogP contribution in [-0.4, -0.2) is 6.54 Å². The lowest BCUT2D eigenvalue weighted by molar-refractivity contribution is -0.138. The van der Waals surface area contributed by atoms with Gasteiger partial charge >= 0.3 is 12.4 Å². The van der Waals surface area contributed by atoms with Crippen LogP contribution < -0.4 is 5.32 Å². The van der Waals surface area contributed by atoms with E-state index >= 15 is 0 Å².